The normalized spacial score (nSPS) is 12.6. The van der Waals surface area contributed by atoms with Gasteiger partial charge in [0.25, 0.3) is 0 Å². The van der Waals surface area contributed by atoms with Crippen molar-refractivity contribution in [3.63, 3.8) is 0 Å². The Bertz CT molecular complexity index is 1420. The summed E-state index contributed by atoms with van der Waals surface area (Å²) in [5.41, 5.74) is 0. The summed E-state index contributed by atoms with van der Waals surface area (Å²) in [5.74, 6) is -0.937. The zero-order chi connectivity index (χ0) is 53.6. The fraction of sp³-hybridized carbons (Fsp3) is 0.750. The van der Waals surface area contributed by atoms with Crippen molar-refractivity contribution in [2.24, 2.45) is 0 Å². The number of hydrogen-bond acceptors (Lipinski definition) is 6. The third kappa shape index (κ3) is 59.5. The average Bonchev–Trinajstić information content (AvgIpc) is 3.40. The Morgan fingerprint density at radius 1 is 0.284 bits per heavy atom. The molecule has 1 atom stereocenters. The maximum absolute atomic E-state index is 12.9. The van der Waals surface area contributed by atoms with Crippen LogP contribution in [0.4, 0.5) is 0 Å². The Kier molecular flexibility index (Phi) is 59.3. The molecule has 0 bridgehead atoms. The molecule has 0 spiro atoms. The van der Waals surface area contributed by atoms with Gasteiger partial charge in [-0.15, -0.1) is 0 Å². The zero-order valence-electron chi connectivity index (χ0n) is 48.8. The van der Waals surface area contributed by atoms with Crippen LogP contribution in [0.5, 0.6) is 0 Å². The van der Waals surface area contributed by atoms with Gasteiger partial charge < -0.3 is 14.2 Å². The summed E-state index contributed by atoms with van der Waals surface area (Å²) < 4.78 is 16.9. The first-order valence-electron chi connectivity index (χ1n) is 31.6. The molecule has 0 aromatic carbocycles. The fourth-order valence-corrected chi connectivity index (χ4v) is 8.91. The van der Waals surface area contributed by atoms with Gasteiger partial charge in [0.2, 0.25) is 0 Å². The second-order valence-electron chi connectivity index (χ2n) is 20.9. The predicted octanol–water partition coefficient (Wildman–Crippen LogP) is 21.5. The van der Waals surface area contributed by atoms with Crippen molar-refractivity contribution in [2.45, 2.75) is 316 Å². The molecule has 1 unspecified atom stereocenters. The molecule has 0 aliphatic rings. The number of rotatable bonds is 57. The second kappa shape index (κ2) is 62.1. The van der Waals surface area contributed by atoms with Crippen LogP contribution in [0.2, 0.25) is 0 Å². The van der Waals surface area contributed by atoms with Crippen LogP contribution in [-0.4, -0.2) is 37.2 Å². The van der Waals surface area contributed by atoms with E-state index in [9.17, 15) is 14.4 Å². The van der Waals surface area contributed by atoms with E-state index in [0.717, 1.165) is 109 Å². The van der Waals surface area contributed by atoms with Crippen molar-refractivity contribution in [3.8, 4) is 0 Å². The van der Waals surface area contributed by atoms with Gasteiger partial charge in [-0.3, -0.25) is 14.4 Å². The molecule has 74 heavy (non-hydrogen) atoms. The van der Waals surface area contributed by atoms with Gasteiger partial charge in [0.05, 0.1) is 0 Å². The molecule has 0 N–H and O–H groups in total. The lowest BCUT2D eigenvalue weighted by atomic mass is 10.0. The van der Waals surface area contributed by atoms with Crippen LogP contribution in [-0.2, 0) is 28.6 Å². The van der Waals surface area contributed by atoms with E-state index in [0.29, 0.717) is 19.3 Å². The molecule has 0 aliphatic heterocycles. The summed E-state index contributed by atoms with van der Waals surface area (Å²) in [6.07, 6.45) is 81.6. The summed E-state index contributed by atoms with van der Waals surface area (Å²) in [5, 5.41) is 0. The minimum absolute atomic E-state index is 0.0930. The van der Waals surface area contributed by atoms with Crippen molar-refractivity contribution in [1.82, 2.24) is 0 Å². The number of allylic oxidation sites excluding steroid dienone is 14. The van der Waals surface area contributed by atoms with Gasteiger partial charge in [0, 0.05) is 19.3 Å². The standard InChI is InChI=1S/C68H118O6/c1-4-7-10-13-16-19-22-25-28-30-32-33-34-36-37-40-43-46-49-52-55-58-61-67(70)73-64-65(63-72-66(69)60-57-54-51-48-45-42-39-27-24-21-18-15-12-9-6-3)74-68(71)62-59-56-53-50-47-44-41-38-35-31-29-26-23-20-17-14-11-8-5-2/h9,12,17-18,20-21,26-27,29,35,38-39,45,48,65H,4-8,10-11,13-16,19,22-25,28,30-34,36-37,40-44,46-47,49-64H2,1-3H3/b12-9-,20-17-,21-18-,29-26-,38-35-,39-27-,48-45-. The molecular formula is C68H118O6. The Hall–Kier alpha value is -3.41. The van der Waals surface area contributed by atoms with Gasteiger partial charge in [0.15, 0.2) is 6.10 Å². The molecule has 0 radical (unpaired) electrons. The molecule has 0 saturated heterocycles. The molecule has 6 nitrogen and oxygen atoms in total. The minimum atomic E-state index is -0.801. The maximum atomic E-state index is 12.9. The van der Waals surface area contributed by atoms with E-state index in [2.05, 4.69) is 106 Å². The van der Waals surface area contributed by atoms with Crippen molar-refractivity contribution in [1.29, 1.82) is 0 Å². The first-order valence-corrected chi connectivity index (χ1v) is 31.6. The topological polar surface area (TPSA) is 78.9 Å². The minimum Gasteiger partial charge on any atom is -0.462 e. The van der Waals surface area contributed by atoms with Gasteiger partial charge >= 0.3 is 17.9 Å². The van der Waals surface area contributed by atoms with E-state index in [-0.39, 0.29) is 31.1 Å². The van der Waals surface area contributed by atoms with Gasteiger partial charge in [-0.2, -0.15) is 0 Å². The Labute approximate surface area is 458 Å². The number of carbonyl (C=O) groups excluding carboxylic acids is 3. The second-order valence-corrected chi connectivity index (χ2v) is 20.9. The van der Waals surface area contributed by atoms with Gasteiger partial charge in [0.1, 0.15) is 13.2 Å². The van der Waals surface area contributed by atoms with E-state index >= 15 is 0 Å². The van der Waals surface area contributed by atoms with Gasteiger partial charge in [-0.05, 0) is 96.3 Å². The smallest absolute Gasteiger partial charge is 0.306 e. The molecule has 0 aliphatic carbocycles. The Morgan fingerprint density at radius 3 is 0.878 bits per heavy atom. The lowest BCUT2D eigenvalue weighted by Crippen LogP contribution is -2.30. The SMILES string of the molecule is CC/C=C\C/C=C\C/C=C\C/C=C\CCCCC(=O)OCC(COC(=O)CCCCCCCCCCCCCCCCCCCCCCCC)OC(=O)CCCCCCCC/C=C\C/C=C\C/C=C\CCCCC. The molecule has 0 saturated carbocycles. The molecule has 6 heteroatoms. The van der Waals surface area contributed by atoms with Crippen molar-refractivity contribution < 1.29 is 28.6 Å². The van der Waals surface area contributed by atoms with Crippen molar-refractivity contribution in [2.75, 3.05) is 13.2 Å². The van der Waals surface area contributed by atoms with Crippen LogP contribution in [0, 0.1) is 0 Å². The van der Waals surface area contributed by atoms with E-state index in [1.165, 1.54) is 161 Å². The van der Waals surface area contributed by atoms with E-state index < -0.39 is 6.10 Å². The predicted molar refractivity (Wildman–Crippen MR) is 321 cm³/mol. The largest absolute Gasteiger partial charge is 0.462 e. The lowest BCUT2D eigenvalue weighted by molar-refractivity contribution is -0.167. The highest BCUT2D eigenvalue weighted by atomic mass is 16.6. The van der Waals surface area contributed by atoms with E-state index in [4.69, 9.17) is 14.2 Å². The number of carbonyl (C=O) groups is 3. The highest BCUT2D eigenvalue weighted by Crippen LogP contribution is 2.17. The summed E-state index contributed by atoms with van der Waals surface area (Å²) in [6, 6.07) is 0. The quantitative estimate of drug-likeness (QED) is 0.0261. The van der Waals surface area contributed by atoms with Gasteiger partial charge in [-0.1, -0.05) is 279 Å². The van der Waals surface area contributed by atoms with Crippen LogP contribution in [0.1, 0.15) is 310 Å². The Morgan fingerprint density at radius 2 is 0.527 bits per heavy atom. The number of unbranched alkanes of at least 4 members (excludes halogenated alkanes) is 32. The van der Waals surface area contributed by atoms with E-state index in [1.807, 2.05) is 0 Å². The first kappa shape index (κ1) is 70.6. The van der Waals surface area contributed by atoms with Crippen LogP contribution in [0.25, 0.3) is 0 Å². The summed E-state index contributed by atoms with van der Waals surface area (Å²) in [4.78, 5) is 38.3. The first-order chi connectivity index (χ1) is 36.5. The Balaban J connectivity index is 4.39. The fourth-order valence-electron chi connectivity index (χ4n) is 8.91. The maximum Gasteiger partial charge on any atom is 0.306 e. The molecular weight excluding hydrogens is 913 g/mol. The highest BCUT2D eigenvalue weighted by Gasteiger charge is 2.19. The monoisotopic (exact) mass is 1030 g/mol. The van der Waals surface area contributed by atoms with Crippen LogP contribution < -0.4 is 0 Å². The van der Waals surface area contributed by atoms with Crippen LogP contribution >= 0.6 is 0 Å². The summed E-state index contributed by atoms with van der Waals surface area (Å²) >= 11 is 0. The van der Waals surface area contributed by atoms with Crippen molar-refractivity contribution >= 4 is 17.9 Å². The number of ether oxygens (including phenoxy) is 3. The molecule has 0 heterocycles. The summed E-state index contributed by atoms with van der Waals surface area (Å²) in [6.45, 7) is 6.49. The summed E-state index contributed by atoms with van der Waals surface area (Å²) in [7, 11) is 0. The number of hydrogen-bond donors (Lipinski definition) is 0. The molecule has 0 amide bonds. The molecule has 0 fully saturated rings. The number of esters is 3. The van der Waals surface area contributed by atoms with Crippen LogP contribution in [0.3, 0.4) is 0 Å². The van der Waals surface area contributed by atoms with Gasteiger partial charge in [-0.25, -0.2) is 0 Å². The van der Waals surface area contributed by atoms with Crippen molar-refractivity contribution in [3.05, 3.63) is 85.1 Å². The van der Waals surface area contributed by atoms with E-state index in [1.54, 1.807) is 0 Å². The molecule has 0 aromatic rings. The lowest BCUT2D eigenvalue weighted by Gasteiger charge is -2.18. The van der Waals surface area contributed by atoms with Crippen LogP contribution in [0.15, 0.2) is 85.1 Å². The zero-order valence-corrected chi connectivity index (χ0v) is 48.8. The average molecular weight is 1030 g/mol. The molecule has 0 aromatic heterocycles. The highest BCUT2D eigenvalue weighted by molar-refractivity contribution is 5.71. The third-order valence-corrected chi connectivity index (χ3v) is 13.6. The molecule has 426 valence electrons. The molecule has 0 rings (SSSR count). The third-order valence-electron chi connectivity index (χ3n) is 13.6.